The van der Waals surface area contributed by atoms with Crippen LogP contribution in [0.2, 0.25) is 5.02 Å². The highest BCUT2D eigenvalue weighted by atomic mass is 35.5. The average molecular weight is 362 g/mol. The number of rotatable bonds is 6. The molecule has 0 spiro atoms. The van der Waals surface area contributed by atoms with Gasteiger partial charge in [-0.05, 0) is 43.9 Å². The second kappa shape index (κ2) is 8.02. The van der Waals surface area contributed by atoms with Crippen LogP contribution in [0, 0.1) is 6.92 Å². The molecule has 134 valence electrons. The van der Waals surface area contributed by atoms with Crippen molar-refractivity contribution in [2.45, 2.75) is 38.1 Å². The van der Waals surface area contributed by atoms with Crippen molar-refractivity contribution < 1.29 is 9.53 Å². The van der Waals surface area contributed by atoms with Crippen LogP contribution in [0.15, 0.2) is 36.7 Å². The number of amides is 1. The van der Waals surface area contributed by atoms with Gasteiger partial charge in [0, 0.05) is 43.7 Å². The summed E-state index contributed by atoms with van der Waals surface area (Å²) in [6, 6.07) is 7.62. The van der Waals surface area contributed by atoms with Crippen LogP contribution < -0.4 is 5.32 Å². The highest BCUT2D eigenvalue weighted by Crippen LogP contribution is 2.35. The van der Waals surface area contributed by atoms with Crippen molar-refractivity contribution in [1.82, 2.24) is 14.9 Å². The van der Waals surface area contributed by atoms with Gasteiger partial charge in [0.15, 0.2) is 0 Å². The van der Waals surface area contributed by atoms with E-state index in [2.05, 4.69) is 14.9 Å². The number of hydrogen-bond acceptors (Lipinski definition) is 3. The molecular weight excluding hydrogens is 338 g/mol. The Kier molecular flexibility index (Phi) is 5.76. The van der Waals surface area contributed by atoms with Crippen LogP contribution in [-0.4, -0.2) is 35.2 Å². The lowest BCUT2D eigenvalue weighted by molar-refractivity contribution is -0.130. The molecule has 0 atom stereocenters. The molecule has 0 aliphatic carbocycles. The van der Waals surface area contributed by atoms with Crippen LogP contribution in [0.5, 0.6) is 0 Å². The summed E-state index contributed by atoms with van der Waals surface area (Å²) in [5.74, 6) is 1.08. The number of ether oxygens (including phenoxy) is 1. The second-order valence-corrected chi connectivity index (χ2v) is 6.92. The largest absolute Gasteiger partial charge is 0.381 e. The Labute approximate surface area is 153 Å². The number of imidazole rings is 1. The zero-order valence-corrected chi connectivity index (χ0v) is 15.3. The Bertz CT molecular complexity index is 706. The van der Waals surface area contributed by atoms with E-state index in [-0.39, 0.29) is 5.91 Å². The number of aromatic nitrogens is 2. The van der Waals surface area contributed by atoms with E-state index in [1.54, 1.807) is 6.20 Å². The average Bonchev–Trinajstić information content (AvgIpc) is 3.04. The third kappa shape index (κ3) is 4.05. The maximum absolute atomic E-state index is 13.0. The third-order valence-electron chi connectivity index (χ3n) is 4.96. The molecule has 0 unspecified atom stereocenters. The molecule has 1 N–H and O–H groups in total. The van der Waals surface area contributed by atoms with E-state index >= 15 is 0 Å². The summed E-state index contributed by atoms with van der Waals surface area (Å²) in [5, 5.41) is 3.81. The SMILES string of the molecule is Cc1nccn1CCCNC(=O)C1(c2ccc(Cl)cc2)CCOCC1. The summed E-state index contributed by atoms with van der Waals surface area (Å²) in [6.45, 7) is 4.68. The first-order chi connectivity index (χ1) is 12.1. The van der Waals surface area contributed by atoms with Crippen molar-refractivity contribution in [2.75, 3.05) is 19.8 Å². The van der Waals surface area contributed by atoms with Crippen LogP contribution in [-0.2, 0) is 21.5 Å². The maximum atomic E-state index is 13.0. The van der Waals surface area contributed by atoms with E-state index in [0.29, 0.717) is 37.6 Å². The number of nitrogens with one attached hydrogen (secondary N) is 1. The molecule has 1 saturated heterocycles. The van der Waals surface area contributed by atoms with Gasteiger partial charge in [0.05, 0.1) is 5.41 Å². The molecule has 1 aliphatic rings. The minimum absolute atomic E-state index is 0.0838. The van der Waals surface area contributed by atoms with Gasteiger partial charge in [-0.15, -0.1) is 0 Å². The molecule has 1 amide bonds. The molecule has 1 aromatic heterocycles. The van der Waals surface area contributed by atoms with Crippen molar-refractivity contribution in [1.29, 1.82) is 0 Å². The second-order valence-electron chi connectivity index (χ2n) is 6.48. The van der Waals surface area contributed by atoms with Gasteiger partial charge in [-0.25, -0.2) is 4.98 Å². The van der Waals surface area contributed by atoms with Gasteiger partial charge in [-0.3, -0.25) is 4.79 Å². The van der Waals surface area contributed by atoms with Crippen LogP contribution in [0.25, 0.3) is 0 Å². The lowest BCUT2D eigenvalue weighted by Gasteiger charge is -2.36. The predicted molar refractivity (Wildman–Crippen MR) is 97.8 cm³/mol. The number of aryl methyl sites for hydroxylation is 2. The molecule has 0 saturated carbocycles. The normalized spacial score (nSPS) is 16.6. The van der Waals surface area contributed by atoms with Crippen molar-refractivity contribution in [2.24, 2.45) is 0 Å². The zero-order chi connectivity index (χ0) is 17.7. The molecule has 2 heterocycles. The number of hydrogen-bond donors (Lipinski definition) is 1. The number of benzene rings is 1. The fourth-order valence-electron chi connectivity index (χ4n) is 3.40. The minimum Gasteiger partial charge on any atom is -0.381 e. The van der Waals surface area contributed by atoms with Crippen molar-refractivity contribution in [3.8, 4) is 0 Å². The number of carbonyl (C=O) groups is 1. The minimum atomic E-state index is -0.520. The molecule has 3 rings (SSSR count). The fourth-order valence-corrected chi connectivity index (χ4v) is 3.52. The number of nitrogens with zero attached hydrogens (tertiary/aromatic N) is 2. The smallest absolute Gasteiger partial charge is 0.230 e. The monoisotopic (exact) mass is 361 g/mol. The summed E-state index contributed by atoms with van der Waals surface area (Å²) in [7, 11) is 0. The molecule has 6 heteroatoms. The lowest BCUT2D eigenvalue weighted by atomic mass is 9.73. The van der Waals surface area contributed by atoms with E-state index in [0.717, 1.165) is 24.4 Å². The van der Waals surface area contributed by atoms with Crippen molar-refractivity contribution >= 4 is 17.5 Å². The molecule has 2 aromatic rings. The zero-order valence-electron chi connectivity index (χ0n) is 14.5. The molecule has 1 fully saturated rings. The van der Waals surface area contributed by atoms with Crippen LogP contribution in [0.3, 0.4) is 0 Å². The molecule has 5 nitrogen and oxygen atoms in total. The molecule has 1 aromatic carbocycles. The van der Waals surface area contributed by atoms with Gasteiger partial charge in [0.2, 0.25) is 5.91 Å². The summed E-state index contributed by atoms with van der Waals surface area (Å²) >= 11 is 6.01. The fraction of sp³-hybridized carbons (Fsp3) is 0.474. The van der Waals surface area contributed by atoms with E-state index < -0.39 is 5.41 Å². The summed E-state index contributed by atoms with van der Waals surface area (Å²) in [5.41, 5.74) is 0.497. The van der Waals surface area contributed by atoms with Crippen LogP contribution >= 0.6 is 11.6 Å². The van der Waals surface area contributed by atoms with E-state index in [4.69, 9.17) is 16.3 Å². The highest BCUT2D eigenvalue weighted by molar-refractivity contribution is 6.30. The highest BCUT2D eigenvalue weighted by Gasteiger charge is 2.41. The number of halogens is 1. The quantitative estimate of drug-likeness (QED) is 0.804. The third-order valence-corrected chi connectivity index (χ3v) is 5.21. The molecular formula is C19H24ClN3O2. The predicted octanol–water partition coefficient (Wildman–Crippen LogP) is 3.10. The molecule has 0 radical (unpaired) electrons. The maximum Gasteiger partial charge on any atom is 0.230 e. The first kappa shape index (κ1) is 18.0. The lowest BCUT2D eigenvalue weighted by Crippen LogP contribution is -2.48. The molecule has 25 heavy (non-hydrogen) atoms. The van der Waals surface area contributed by atoms with E-state index in [1.165, 1.54) is 0 Å². The number of carbonyl (C=O) groups excluding carboxylic acids is 1. The van der Waals surface area contributed by atoms with Gasteiger partial charge in [-0.2, -0.15) is 0 Å². The van der Waals surface area contributed by atoms with E-state index in [9.17, 15) is 4.79 Å². The van der Waals surface area contributed by atoms with Crippen LogP contribution in [0.4, 0.5) is 0 Å². The van der Waals surface area contributed by atoms with E-state index in [1.807, 2.05) is 37.4 Å². The standard InChI is InChI=1S/C19H24ClN3O2/c1-15-21-10-12-23(15)11-2-9-22-18(24)19(7-13-25-14-8-19)16-3-5-17(20)6-4-16/h3-6,10,12H,2,7-9,11,13-14H2,1H3,(H,22,24). The van der Waals surface area contributed by atoms with Gasteiger partial charge in [0.1, 0.15) is 5.82 Å². The Morgan fingerprint density at radius 1 is 1.32 bits per heavy atom. The van der Waals surface area contributed by atoms with Crippen molar-refractivity contribution in [3.63, 3.8) is 0 Å². The Morgan fingerprint density at radius 2 is 2.04 bits per heavy atom. The first-order valence-electron chi connectivity index (χ1n) is 8.72. The van der Waals surface area contributed by atoms with Gasteiger partial charge >= 0.3 is 0 Å². The van der Waals surface area contributed by atoms with Gasteiger partial charge in [0.25, 0.3) is 0 Å². The summed E-state index contributed by atoms with van der Waals surface area (Å²) < 4.78 is 7.58. The summed E-state index contributed by atoms with van der Waals surface area (Å²) in [4.78, 5) is 17.2. The van der Waals surface area contributed by atoms with Gasteiger partial charge in [-0.1, -0.05) is 23.7 Å². The van der Waals surface area contributed by atoms with Crippen LogP contribution in [0.1, 0.15) is 30.7 Å². The Hall–Kier alpha value is -1.85. The van der Waals surface area contributed by atoms with Gasteiger partial charge < -0.3 is 14.6 Å². The molecule has 0 bridgehead atoms. The molecule has 1 aliphatic heterocycles. The first-order valence-corrected chi connectivity index (χ1v) is 9.09. The Morgan fingerprint density at radius 3 is 2.68 bits per heavy atom. The van der Waals surface area contributed by atoms with Crippen molar-refractivity contribution in [3.05, 3.63) is 53.1 Å². The topological polar surface area (TPSA) is 56.2 Å². The Balaban J connectivity index is 1.63. The summed E-state index contributed by atoms with van der Waals surface area (Å²) in [6.07, 6.45) is 6.02.